The molecule has 1 unspecified atom stereocenters. The molecule has 0 amide bonds. The van der Waals surface area contributed by atoms with Crippen molar-refractivity contribution in [3.8, 4) is 0 Å². The maximum absolute atomic E-state index is 12.0. The molecule has 0 spiro atoms. The number of rotatable bonds is 0. The maximum Gasteiger partial charge on any atom is 0.197 e. The summed E-state index contributed by atoms with van der Waals surface area (Å²) in [6, 6.07) is 0. The monoisotopic (exact) mass is 113 g/mol. The van der Waals surface area contributed by atoms with Crippen molar-refractivity contribution in [2.24, 2.45) is 4.99 Å². The molecule has 0 saturated carbocycles. The maximum atomic E-state index is 12.0. The van der Waals surface area contributed by atoms with E-state index in [-0.39, 0.29) is 0 Å². The molecule has 0 aromatic rings. The van der Waals surface area contributed by atoms with Crippen molar-refractivity contribution in [2.45, 2.75) is 6.17 Å². The fourth-order valence-electron chi connectivity index (χ4n) is 0.407. The number of ketones is 1. The summed E-state index contributed by atoms with van der Waals surface area (Å²) in [7, 11) is 0. The first kappa shape index (κ1) is 5.15. The van der Waals surface area contributed by atoms with Crippen molar-refractivity contribution in [1.82, 2.24) is 0 Å². The number of nitrogens with zero attached hydrogens (tertiary/aromatic N) is 1. The second-order valence-corrected chi connectivity index (χ2v) is 1.42. The van der Waals surface area contributed by atoms with Crippen molar-refractivity contribution in [1.29, 1.82) is 0 Å². The molecule has 0 N–H and O–H groups in total. The number of allylic oxidation sites excluding steroid dienone is 1. The Balaban J connectivity index is 2.74. The van der Waals surface area contributed by atoms with Crippen LogP contribution in [0.5, 0.6) is 0 Å². The quantitative estimate of drug-likeness (QED) is 0.449. The summed E-state index contributed by atoms with van der Waals surface area (Å²) >= 11 is 0. The van der Waals surface area contributed by atoms with Crippen LogP contribution in [-0.2, 0) is 4.79 Å². The van der Waals surface area contributed by atoms with Gasteiger partial charge >= 0.3 is 0 Å². The molecule has 0 saturated heterocycles. The number of carbonyl (C=O) groups is 1. The van der Waals surface area contributed by atoms with Gasteiger partial charge in [-0.2, -0.15) is 0 Å². The predicted molar refractivity (Wildman–Crippen MR) is 27.5 cm³/mol. The zero-order valence-corrected chi connectivity index (χ0v) is 4.04. The standard InChI is InChI=1S/C5H4FNO/c6-4-3-7-2-1-5(4)8/h1-4H. The highest BCUT2D eigenvalue weighted by atomic mass is 19.1. The second-order valence-electron chi connectivity index (χ2n) is 1.42. The van der Waals surface area contributed by atoms with Crippen molar-refractivity contribution in [3.05, 3.63) is 12.3 Å². The fraction of sp³-hybridized carbons (Fsp3) is 0.200. The number of aliphatic imine (C=N–C) groups is 1. The van der Waals surface area contributed by atoms with E-state index >= 15 is 0 Å². The summed E-state index contributed by atoms with van der Waals surface area (Å²) in [4.78, 5) is 13.6. The SMILES string of the molecule is O=C1C=CN=CC1F. The Hall–Kier alpha value is -0.990. The first-order valence-corrected chi connectivity index (χ1v) is 2.18. The van der Waals surface area contributed by atoms with E-state index in [4.69, 9.17) is 0 Å². The number of alkyl halides is 1. The van der Waals surface area contributed by atoms with Gasteiger partial charge in [0.2, 0.25) is 0 Å². The lowest BCUT2D eigenvalue weighted by atomic mass is 10.2. The smallest absolute Gasteiger partial charge is 0.197 e. The van der Waals surface area contributed by atoms with Gasteiger partial charge in [-0.25, -0.2) is 4.39 Å². The Kier molecular flexibility index (Phi) is 1.20. The van der Waals surface area contributed by atoms with Crippen LogP contribution >= 0.6 is 0 Å². The Bertz CT molecular complexity index is 162. The van der Waals surface area contributed by atoms with Crippen molar-refractivity contribution in [3.63, 3.8) is 0 Å². The first-order chi connectivity index (χ1) is 3.80. The summed E-state index contributed by atoms with van der Waals surface area (Å²) in [6.07, 6.45) is 1.85. The van der Waals surface area contributed by atoms with Crippen LogP contribution in [0.4, 0.5) is 4.39 Å². The third-order valence-corrected chi connectivity index (χ3v) is 0.814. The number of halogens is 1. The van der Waals surface area contributed by atoms with Crippen LogP contribution < -0.4 is 0 Å². The highest BCUT2D eigenvalue weighted by Crippen LogP contribution is 1.96. The van der Waals surface area contributed by atoms with Crippen LogP contribution in [0.2, 0.25) is 0 Å². The van der Waals surface area contributed by atoms with Gasteiger partial charge in [0.15, 0.2) is 12.0 Å². The van der Waals surface area contributed by atoms with Gasteiger partial charge in [0.25, 0.3) is 0 Å². The average molecular weight is 113 g/mol. The molecule has 0 fully saturated rings. The predicted octanol–water partition coefficient (Wildman–Crippen LogP) is 0.492. The van der Waals surface area contributed by atoms with Crippen LogP contribution in [0.25, 0.3) is 0 Å². The van der Waals surface area contributed by atoms with Gasteiger partial charge in [-0.15, -0.1) is 0 Å². The molecule has 0 aliphatic carbocycles. The number of hydrogen-bond acceptors (Lipinski definition) is 2. The largest absolute Gasteiger partial charge is 0.291 e. The normalized spacial score (nSPS) is 26.6. The van der Waals surface area contributed by atoms with Gasteiger partial charge in [-0.3, -0.25) is 9.79 Å². The van der Waals surface area contributed by atoms with Crippen molar-refractivity contribution < 1.29 is 9.18 Å². The minimum absolute atomic E-state index is 0.528. The molecule has 0 radical (unpaired) electrons. The minimum atomic E-state index is -1.51. The van der Waals surface area contributed by atoms with Crippen LogP contribution in [0, 0.1) is 0 Å². The van der Waals surface area contributed by atoms with Crippen molar-refractivity contribution in [2.75, 3.05) is 0 Å². The highest BCUT2D eigenvalue weighted by molar-refractivity contribution is 6.06. The molecule has 1 rings (SSSR count). The third kappa shape index (κ3) is 0.804. The van der Waals surface area contributed by atoms with Gasteiger partial charge in [0.05, 0.1) is 0 Å². The minimum Gasteiger partial charge on any atom is -0.291 e. The Morgan fingerprint density at radius 1 is 1.75 bits per heavy atom. The summed E-state index contributed by atoms with van der Waals surface area (Å²) in [5.74, 6) is -0.528. The summed E-state index contributed by atoms with van der Waals surface area (Å²) < 4.78 is 12.0. The van der Waals surface area contributed by atoms with E-state index in [9.17, 15) is 9.18 Å². The molecule has 3 heteroatoms. The molecule has 1 atom stereocenters. The topological polar surface area (TPSA) is 29.4 Å². The molecule has 1 aliphatic heterocycles. The second kappa shape index (κ2) is 1.86. The van der Waals surface area contributed by atoms with Gasteiger partial charge in [-0.05, 0) is 0 Å². The number of hydrogen-bond donors (Lipinski definition) is 0. The molecule has 8 heavy (non-hydrogen) atoms. The Morgan fingerprint density at radius 3 is 2.88 bits per heavy atom. The van der Waals surface area contributed by atoms with E-state index in [0.717, 1.165) is 12.3 Å². The van der Waals surface area contributed by atoms with E-state index in [1.54, 1.807) is 0 Å². The summed E-state index contributed by atoms with van der Waals surface area (Å²) in [6.45, 7) is 0. The molecule has 0 aromatic carbocycles. The molecule has 0 aromatic heterocycles. The van der Waals surface area contributed by atoms with E-state index < -0.39 is 12.0 Å². The van der Waals surface area contributed by atoms with E-state index in [2.05, 4.69) is 4.99 Å². The lowest BCUT2D eigenvalue weighted by Gasteiger charge is -1.97. The Morgan fingerprint density at radius 2 is 2.50 bits per heavy atom. The summed E-state index contributed by atoms with van der Waals surface area (Å²) in [5, 5.41) is 0. The Labute approximate surface area is 45.7 Å². The molecular formula is C5H4FNO. The van der Waals surface area contributed by atoms with Gasteiger partial charge in [0, 0.05) is 18.5 Å². The van der Waals surface area contributed by atoms with Gasteiger partial charge in [-0.1, -0.05) is 0 Å². The molecule has 1 heterocycles. The van der Waals surface area contributed by atoms with E-state index in [1.807, 2.05) is 0 Å². The lowest BCUT2D eigenvalue weighted by molar-refractivity contribution is -0.117. The number of carbonyl (C=O) groups excluding carboxylic acids is 1. The van der Waals surface area contributed by atoms with Gasteiger partial charge in [0.1, 0.15) is 0 Å². The third-order valence-electron chi connectivity index (χ3n) is 0.814. The lowest BCUT2D eigenvalue weighted by Crippen LogP contribution is -2.15. The summed E-state index contributed by atoms with van der Waals surface area (Å²) in [5.41, 5.74) is 0. The zero-order valence-electron chi connectivity index (χ0n) is 4.04. The zero-order chi connectivity index (χ0) is 5.98. The fourth-order valence-corrected chi connectivity index (χ4v) is 0.407. The highest BCUT2D eigenvalue weighted by Gasteiger charge is 2.12. The van der Waals surface area contributed by atoms with Crippen molar-refractivity contribution >= 4 is 12.0 Å². The molecule has 42 valence electrons. The molecule has 0 bridgehead atoms. The van der Waals surface area contributed by atoms with Crippen LogP contribution in [-0.4, -0.2) is 18.2 Å². The molecule has 1 aliphatic rings. The van der Waals surface area contributed by atoms with Crippen LogP contribution in [0.15, 0.2) is 17.3 Å². The van der Waals surface area contributed by atoms with E-state index in [0.29, 0.717) is 0 Å². The average Bonchev–Trinajstić information content (AvgIpc) is 1.77. The van der Waals surface area contributed by atoms with Crippen LogP contribution in [0.3, 0.4) is 0 Å². The van der Waals surface area contributed by atoms with Gasteiger partial charge < -0.3 is 0 Å². The van der Waals surface area contributed by atoms with Crippen LogP contribution in [0.1, 0.15) is 0 Å². The van der Waals surface area contributed by atoms with E-state index in [1.165, 1.54) is 6.20 Å². The molecule has 2 nitrogen and oxygen atoms in total. The first-order valence-electron chi connectivity index (χ1n) is 2.18. The molecular weight excluding hydrogens is 109 g/mol.